The first kappa shape index (κ1) is 19.1. The van der Waals surface area contributed by atoms with Gasteiger partial charge in [-0.1, -0.05) is 36.2 Å². The molecule has 2 aliphatic rings. The first-order valence-electron chi connectivity index (χ1n) is 9.21. The van der Waals surface area contributed by atoms with Gasteiger partial charge in [-0.2, -0.15) is 0 Å². The molecule has 0 aliphatic carbocycles. The molecule has 142 valence electrons. The second kappa shape index (κ2) is 9.35. The zero-order chi connectivity index (χ0) is 18.4. The van der Waals surface area contributed by atoms with E-state index in [1.54, 1.807) is 6.08 Å². The van der Waals surface area contributed by atoms with Crippen molar-refractivity contribution in [3.05, 3.63) is 53.1 Å². The lowest BCUT2D eigenvalue weighted by molar-refractivity contribution is 0.0663. The predicted molar refractivity (Wildman–Crippen MR) is 107 cm³/mol. The molecule has 1 unspecified atom stereocenters. The third kappa shape index (κ3) is 5.19. The van der Waals surface area contributed by atoms with E-state index in [4.69, 9.17) is 9.84 Å². The largest absolute Gasteiger partial charge is 0.516 e. The number of piperazine rings is 1. The number of aliphatic hydroxyl groups is 2. The van der Waals surface area contributed by atoms with Crippen LogP contribution in [0.1, 0.15) is 30.9 Å². The molecule has 0 saturated carbocycles. The van der Waals surface area contributed by atoms with Crippen molar-refractivity contribution in [2.45, 2.75) is 31.6 Å². The number of allylic oxidation sites excluding steroid dienone is 1. The molecule has 1 aromatic rings. The summed E-state index contributed by atoms with van der Waals surface area (Å²) in [5, 5.41) is 19.1. The Hall–Kier alpha value is -1.63. The smallest absolute Gasteiger partial charge is 0.137 e. The van der Waals surface area contributed by atoms with E-state index in [1.807, 2.05) is 24.1 Å². The highest BCUT2D eigenvalue weighted by Crippen LogP contribution is 2.25. The summed E-state index contributed by atoms with van der Waals surface area (Å²) < 4.78 is 8.01. The summed E-state index contributed by atoms with van der Waals surface area (Å²) in [6, 6.07) is 8.25. The van der Waals surface area contributed by atoms with Crippen LogP contribution in [-0.4, -0.2) is 58.3 Å². The number of benzene rings is 1. The maximum Gasteiger partial charge on any atom is 0.137 e. The highest BCUT2D eigenvalue weighted by atomic mass is 32.2. The molecule has 0 aromatic heterocycles. The fourth-order valence-electron chi connectivity index (χ4n) is 3.28. The van der Waals surface area contributed by atoms with Crippen LogP contribution in [0.2, 0.25) is 0 Å². The highest BCUT2D eigenvalue weighted by molar-refractivity contribution is 7.96. The van der Waals surface area contributed by atoms with E-state index < -0.39 is 0 Å². The second-order valence-corrected chi connectivity index (χ2v) is 7.86. The van der Waals surface area contributed by atoms with Crippen molar-refractivity contribution in [2.75, 3.05) is 32.8 Å². The quantitative estimate of drug-likeness (QED) is 0.599. The van der Waals surface area contributed by atoms with E-state index in [0.717, 1.165) is 62.3 Å². The lowest BCUT2D eigenvalue weighted by Crippen LogP contribution is -2.43. The Labute approximate surface area is 160 Å². The van der Waals surface area contributed by atoms with Gasteiger partial charge in [-0.25, -0.2) is 4.31 Å². The summed E-state index contributed by atoms with van der Waals surface area (Å²) >= 11 is 1.86. The van der Waals surface area contributed by atoms with E-state index >= 15 is 0 Å². The molecular formula is C20H28N2O3S. The molecule has 5 nitrogen and oxygen atoms in total. The normalized spacial score (nSPS) is 22.8. The Morgan fingerprint density at radius 2 is 1.92 bits per heavy atom. The molecule has 2 N–H and O–H groups in total. The maximum absolute atomic E-state index is 10.3. The van der Waals surface area contributed by atoms with Crippen LogP contribution < -0.4 is 0 Å². The van der Waals surface area contributed by atoms with Crippen molar-refractivity contribution in [1.29, 1.82) is 0 Å². The fraction of sp³-hybridized carbons (Fsp3) is 0.500. The molecule has 2 heterocycles. The number of ether oxygens (including phenoxy) is 1. The van der Waals surface area contributed by atoms with Crippen molar-refractivity contribution >= 4 is 18.0 Å². The summed E-state index contributed by atoms with van der Waals surface area (Å²) in [6.45, 7) is 6.28. The summed E-state index contributed by atoms with van der Waals surface area (Å²) in [7, 11) is 0. The van der Waals surface area contributed by atoms with Crippen LogP contribution >= 0.6 is 11.9 Å². The Balaban J connectivity index is 1.46. The minimum Gasteiger partial charge on any atom is -0.516 e. The van der Waals surface area contributed by atoms with Crippen LogP contribution in [0.15, 0.2) is 42.0 Å². The van der Waals surface area contributed by atoms with Crippen molar-refractivity contribution in [3.8, 4) is 0 Å². The van der Waals surface area contributed by atoms with E-state index in [9.17, 15) is 5.11 Å². The lowest BCUT2D eigenvalue weighted by Gasteiger charge is -2.36. The number of hydrogen-bond acceptors (Lipinski definition) is 6. The number of hydrogen-bond donors (Lipinski definition) is 2. The molecule has 1 atom stereocenters. The third-order valence-corrected chi connectivity index (χ3v) is 6.10. The van der Waals surface area contributed by atoms with E-state index in [2.05, 4.69) is 28.3 Å². The molecule has 6 heteroatoms. The number of nitrogens with zero attached hydrogens (tertiary/aromatic N) is 2. The van der Waals surface area contributed by atoms with Crippen LogP contribution in [0.3, 0.4) is 0 Å². The molecule has 0 bridgehead atoms. The van der Waals surface area contributed by atoms with Gasteiger partial charge in [-0.05, 0) is 37.0 Å². The highest BCUT2D eigenvalue weighted by Gasteiger charge is 2.24. The molecule has 0 spiro atoms. The number of aliphatic hydroxyl groups excluding tert-OH is 2. The lowest BCUT2D eigenvalue weighted by atomic mass is 10.1. The van der Waals surface area contributed by atoms with Crippen molar-refractivity contribution < 1.29 is 14.9 Å². The average Bonchev–Trinajstić information content (AvgIpc) is 2.83. The maximum atomic E-state index is 10.3. The van der Waals surface area contributed by atoms with Gasteiger partial charge < -0.3 is 19.8 Å². The zero-order valence-corrected chi connectivity index (χ0v) is 16.1. The van der Waals surface area contributed by atoms with Gasteiger partial charge in [0, 0.05) is 31.9 Å². The average molecular weight is 377 g/mol. The summed E-state index contributed by atoms with van der Waals surface area (Å²) in [4.78, 5) is 2.32. The fourth-order valence-corrected chi connectivity index (χ4v) is 4.22. The van der Waals surface area contributed by atoms with Crippen molar-refractivity contribution in [2.24, 2.45) is 0 Å². The van der Waals surface area contributed by atoms with Gasteiger partial charge >= 0.3 is 0 Å². The summed E-state index contributed by atoms with van der Waals surface area (Å²) in [6.07, 6.45) is 4.83. The summed E-state index contributed by atoms with van der Waals surface area (Å²) in [5.74, 6) is 1.36. The Bertz CT molecular complexity index is 637. The third-order valence-electron chi connectivity index (χ3n) is 4.91. The van der Waals surface area contributed by atoms with E-state index in [-0.39, 0.29) is 6.10 Å². The first-order chi connectivity index (χ1) is 12.7. The predicted octanol–water partition coefficient (Wildman–Crippen LogP) is 3.95. The van der Waals surface area contributed by atoms with Gasteiger partial charge in [0.15, 0.2) is 0 Å². The van der Waals surface area contributed by atoms with E-state index in [1.165, 1.54) is 5.56 Å². The SMILES string of the molecule is CC1CCC(N2CCN(SCc3ccc(/C=C/O)cc3)CC2)=C(O)CO1. The van der Waals surface area contributed by atoms with Gasteiger partial charge in [-0.3, -0.25) is 0 Å². The minimum atomic E-state index is 0.214. The Morgan fingerprint density at radius 1 is 1.19 bits per heavy atom. The number of rotatable bonds is 5. The zero-order valence-electron chi connectivity index (χ0n) is 15.3. The standard InChI is InChI=1S/C20H28N2O3S/c1-16-2-7-19(20(24)14-25-16)21-9-11-22(12-10-21)26-15-18-5-3-17(4-6-18)8-13-23/h3-6,8,13,16,23-24H,2,7,9-12,14-15H2,1H3/b13-8+. The molecule has 1 aromatic carbocycles. The molecule has 2 aliphatic heterocycles. The molecule has 1 saturated heterocycles. The first-order valence-corrected chi connectivity index (χ1v) is 10.1. The molecular weight excluding hydrogens is 348 g/mol. The molecule has 0 radical (unpaired) electrons. The van der Waals surface area contributed by atoms with Gasteiger partial charge in [0.05, 0.1) is 18.1 Å². The van der Waals surface area contributed by atoms with Crippen molar-refractivity contribution in [3.63, 3.8) is 0 Å². The van der Waals surface area contributed by atoms with Crippen LogP contribution in [-0.2, 0) is 10.5 Å². The summed E-state index contributed by atoms with van der Waals surface area (Å²) in [5.41, 5.74) is 3.36. The molecule has 1 fully saturated rings. The van der Waals surface area contributed by atoms with Gasteiger partial charge in [0.2, 0.25) is 0 Å². The van der Waals surface area contributed by atoms with Crippen molar-refractivity contribution in [1.82, 2.24) is 9.21 Å². The minimum absolute atomic E-state index is 0.214. The van der Waals surface area contributed by atoms with Gasteiger partial charge in [-0.15, -0.1) is 0 Å². The molecule has 0 amide bonds. The second-order valence-electron chi connectivity index (χ2n) is 6.80. The monoisotopic (exact) mass is 376 g/mol. The van der Waals surface area contributed by atoms with Crippen LogP contribution in [0.25, 0.3) is 6.08 Å². The topological polar surface area (TPSA) is 56.2 Å². The van der Waals surface area contributed by atoms with Crippen LogP contribution in [0.5, 0.6) is 0 Å². The van der Waals surface area contributed by atoms with Gasteiger partial charge in [0.1, 0.15) is 12.4 Å². The van der Waals surface area contributed by atoms with E-state index in [0.29, 0.717) is 12.4 Å². The van der Waals surface area contributed by atoms with Gasteiger partial charge in [0.25, 0.3) is 0 Å². The van der Waals surface area contributed by atoms with Crippen LogP contribution in [0, 0.1) is 0 Å². The Morgan fingerprint density at radius 3 is 2.62 bits per heavy atom. The Kier molecular flexibility index (Phi) is 6.88. The molecule has 26 heavy (non-hydrogen) atoms. The molecule has 3 rings (SSSR count). The van der Waals surface area contributed by atoms with Crippen LogP contribution in [0.4, 0.5) is 0 Å².